The fourth-order valence-corrected chi connectivity index (χ4v) is 1.66. The Morgan fingerprint density at radius 3 is 2.42 bits per heavy atom. The van der Waals surface area contributed by atoms with Crippen LogP contribution in [-0.2, 0) is 4.79 Å². The number of carboxylic acid groups (broad SMARTS) is 1. The molecular formula is C14H18FNO3. The molecule has 1 aromatic rings. The van der Waals surface area contributed by atoms with E-state index in [9.17, 15) is 14.0 Å². The molecule has 104 valence electrons. The van der Waals surface area contributed by atoms with Gasteiger partial charge in [-0.1, -0.05) is 13.3 Å². The van der Waals surface area contributed by atoms with E-state index in [1.165, 1.54) is 24.3 Å². The maximum Gasteiger partial charge on any atom is 0.335 e. The van der Waals surface area contributed by atoms with E-state index in [0.717, 1.165) is 6.42 Å². The third-order valence-corrected chi connectivity index (χ3v) is 2.70. The molecule has 1 amide bonds. The zero-order chi connectivity index (χ0) is 14.3. The third-order valence-electron chi connectivity index (χ3n) is 2.70. The maximum atomic E-state index is 13.2. The van der Waals surface area contributed by atoms with Gasteiger partial charge in [-0.2, -0.15) is 0 Å². The lowest BCUT2D eigenvalue weighted by Gasteiger charge is -2.08. The van der Waals surface area contributed by atoms with E-state index in [4.69, 9.17) is 5.11 Å². The molecule has 0 spiro atoms. The van der Waals surface area contributed by atoms with Crippen molar-refractivity contribution < 1.29 is 19.1 Å². The van der Waals surface area contributed by atoms with E-state index >= 15 is 0 Å². The normalized spacial score (nSPS) is 11.9. The minimum Gasteiger partial charge on any atom is -0.478 e. The van der Waals surface area contributed by atoms with Crippen LogP contribution in [0.3, 0.4) is 0 Å². The van der Waals surface area contributed by atoms with E-state index in [2.05, 4.69) is 5.32 Å². The third kappa shape index (κ3) is 5.50. The van der Waals surface area contributed by atoms with Crippen molar-refractivity contribution in [3.8, 4) is 0 Å². The quantitative estimate of drug-likeness (QED) is 0.797. The highest BCUT2D eigenvalue weighted by Crippen LogP contribution is 2.12. The number of benzene rings is 1. The molecule has 0 fully saturated rings. The molecule has 2 N–H and O–H groups in total. The molecule has 0 saturated carbocycles. The predicted octanol–water partition coefficient (Wildman–Crippen LogP) is 3.24. The first-order valence-corrected chi connectivity index (χ1v) is 6.30. The molecule has 0 heterocycles. The summed E-state index contributed by atoms with van der Waals surface area (Å²) in [7, 11) is 0. The predicted molar refractivity (Wildman–Crippen MR) is 71.1 cm³/mol. The molecule has 1 unspecified atom stereocenters. The van der Waals surface area contributed by atoms with Gasteiger partial charge in [-0.3, -0.25) is 4.79 Å². The molecule has 0 aromatic heterocycles. The van der Waals surface area contributed by atoms with E-state index in [-0.39, 0.29) is 24.3 Å². The number of anilines is 1. The minimum absolute atomic E-state index is 0.127. The molecule has 0 saturated heterocycles. The Labute approximate surface area is 111 Å². The number of nitrogens with one attached hydrogen (secondary N) is 1. The molecule has 1 atom stereocenters. The minimum atomic E-state index is -1.02. The number of rotatable bonds is 7. The fraction of sp³-hybridized carbons (Fsp3) is 0.429. The van der Waals surface area contributed by atoms with Gasteiger partial charge in [-0.05, 0) is 37.1 Å². The largest absolute Gasteiger partial charge is 0.478 e. The summed E-state index contributed by atoms with van der Waals surface area (Å²) in [4.78, 5) is 22.2. The topological polar surface area (TPSA) is 66.4 Å². The molecule has 19 heavy (non-hydrogen) atoms. The van der Waals surface area contributed by atoms with Crippen molar-refractivity contribution in [3.05, 3.63) is 29.8 Å². The van der Waals surface area contributed by atoms with Gasteiger partial charge in [-0.25, -0.2) is 9.18 Å². The second-order valence-corrected chi connectivity index (χ2v) is 4.36. The molecule has 0 bridgehead atoms. The van der Waals surface area contributed by atoms with Crippen molar-refractivity contribution in [2.45, 2.75) is 38.8 Å². The van der Waals surface area contributed by atoms with Gasteiger partial charge in [0.2, 0.25) is 5.91 Å². The van der Waals surface area contributed by atoms with Gasteiger partial charge in [0.25, 0.3) is 0 Å². The van der Waals surface area contributed by atoms with Gasteiger partial charge >= 0.3 is 5.97 Å². The van der Waals surface area contributed by atoms with Crippen LogP contribution in [0.25, 0.3) is 0 Å². The summed E-state index contributed by atoms with van der Waals surface area (Å²) >= 11 is 0. The molecule has 5 heteroatoms. The number of halogens is 1. The first kappa shape index (κ1) is 15.1. The number of carbonyl (C=O) groups excluding carboxylic acids is 1. The lowest BCUT2D eigenvalue weighted by atomic mass is 10.1. The van der Waals surface area contributed by atoms with E-state index in [1.807, 2.05) is 6.92 Å². The molecule has 1 aromatic carbocycles. The zero-order valence-corrected chi connectivity index (χ0v) is 10.9. The lowest BCUT2D eigenvalue weighted by Crippen LogP contribution is -2.14. The molecular weight excluding hydrogens is 249 g/mol. The van der Waals surface area contributed by atoms with Crippen LogP contribution in [0.4, 0.5) is 10.1 Å². The van der Waals surface area contributed by atoms with Crippen molar-refractivity contribution >= 4 is 17.6 Å². The van der Waals surface area contributed by atoms with Crippen molar-refractivity contribution in [1.29, 1.82) is 0 Å². The van der Waals surface area contributed by atoms with Gasteiger partial charge in [0, 0.05) is 12.1 Å². The van der Waals surface area contributed by atoms with E-state index in [1.54, 1.807) is 0 Å². The Morgan fingerprint density at radius 2 is 1.89 bits per heavy atom. The summed E-state index contributed by atoms with van der Waals surface area (Å²) < 4.78 is 13.2. The van der Waals surface area contributed by atoms with Crippen molar-refractivity contribution in [3.63, 3.8) is 0 Å². The van der Waals surface area contributed by atoms with Gasteiger partial charge in [-0.15, -0.1) is 0 Å². The number of aromatic carboxylic acids is 1. The second kappa shape index (κ2) is 7.51. The summed E-state index contributed by atoms with van der Waals surface area (Å²) in [6.07, 6.45) is 0.638. The van der Waals surface area contributed by atoms with Crippen molar-refractivity contribution in [2.24, 2.45) is 0 Å². The Kier molecular flexibility index (Phi) is 5.99. The van der Waals surface area contributed by atoms with Crippen LogP contribution in [0.2, 0.25) is 0 Å². The van der Waals surface area contributed by atoms with Gasteiger partial charge < -0.3 is 10.4 Å². The van der Waals surface area contributed by atoms with E-state index in [0.29, 0.717) is 12.1 Å². The average molecular weight is 267 g/mol. The highest BCUT2D eigenvalue weighted by atomic mass is 19.1. The molecule has 1 rings (SSSR count). The Bertz CT molecular complexity index is 431. The SMILES string of the molecule is CCCC(F)CCC(=O)Nc1ccc(C(=O)O)cc1. The fourth-order valence-electron chi connectivity index (χ4n) is 1.66. The number of hydrogen-bond donors (Lipinski definition) is 2. The summed E-state index contributed by atoms with van der Waals surface area (Å²) in [5, 5.41) is 11.3. The number of carbonyl (C=O) groups is 2. The highest BCUT2D eigenvalue weighted by molar-refractivity contribution is 5.92. The van der Waals surface area contributed by atoms with Gasteiger partial charge in [0.15, 0.2) is 0 Å². The second-order valence-electron chi connectivity index (χ2n) is 4.36. The van der Waals surface area contributed by atoms with Crippen LogP contribution in [0.5, 0.6) is 0 Å². The lowest BCUT2D eigenvalue weighted by molar-refractivity contribution is -0.116. The van der Waals surface area contributed by atoms with Crippen molar-refractivity contribution in [1.82, 2.24) is 0 Å². The van der Waals surface area contributed by atoms with Crippen LogP contribution in [0.1, 0.15) is 43.0 Å². The zero-order valence-electron chi connectivity index (χ0n) is 10.9. The first-order chi connectivity index (χ1) is 9.02. The van der Waals surface area contributed by atoms with Crippen LogP contribution >= 0.6 is 0 Å². The molecule has 0 aliphatic carbocycles. The Balaban J connectivity index is 2.42. The number of alkyl halides is 1. The number of carboxylic acids is 1. The van der Waals surface area contributed by atoms with Gasteiger partial charge in [0.05, 0.1) is 5.56 Å². The number of amides is 1. The molecule has 0 aliphatic rings. The number of hydrogen-bond acceptors (Lipinski definition) is 2. The van der Waals surface area contributed by atoms with Crippen LogP contribution < -0.4 is 5.32 Å². The highest BCUT2D eigenvalue weighted by Gasteiger charge is 2.09. The average Bonchev–Trinajstić information content (AvgIpc) is 2.37. The van der Waals surface area contributed by atoms with E-state index < -0.39 is 12.1 Å². The van der Waals surface area contributed by atoms with Gasteiger partial charge in [0.1, 0.15) is 6.17 Å². The van der Waals surface area contributed by atoms with Crippen LogP contribution in [-0.4, -0.2) is 23.2 Å². The summed E-state index contributed by atoms with van der Waals surface area (Å²) in [5.41, 5.74) is 0.672. The smallest absolute Gasteiger partial charge is 0.335 e. The summed E-state index contributed by atoms with van der Waals surface area (Å²) in [6.45, 7) is 1.90. The molecule has 0 radical (unpaired) electrons. The molecule has 0 aliphatic heterocycles. The summed E-state index contributed by atoms with van der Waals surface area (Å²) in [6, 6.07) is 5.85. The summed E-state index contributed by atoms with van der Waals surface area (Å²) in [5.74, 6) is -1.28. The Hall–Kier alpha value is -1.91. The standard InChI is InChI=1S/C14H18FNO3/c1-2-3-11(15)6-9-13(17)16-12-7-4-10(5-8-12)14(18)19/h4-5,7-8,11H,2-3,6,9H2,1H3,(H,16,17)(H,18,19). The molecule has 4 nitrogen and oxygen atoms in total. The van der Waals surface area contributed by atoms with Crippen molar-refractivity contribution in [2.75, 3.05) is 5.32 Å². The monoisotopic (exact) mass is 267 g/mol. The van der Waals surface area contributed by atoms with Crippen LogP contribution in [0, 0.1) is 0 Å². The first-order valence-electron chi connectivity index (χ1n) is 6.30. The van der Waals surface area contributed by atoms with Crippen LogP contribution in [0.15, 0.2) is 24.3 Å². The Morgan fingerprint density at radius 1 is 1.26 bits per heavy atom. The maximum absolute atomic E-state index is 13.2.